The summed E-state index contributed by atoms with van der Waals surface area (Å²) in [7, 11) is 1.83. The van der Waals surface area contributed by atoms with Crippen molar-refractivity contribution in [1.29, 1.82) is 0 Å². The number of likely N-dealkylation sites (tertiary alicyclic amines) is 1. The molecule has 0 radical (unpaired) electrons. The van der Waals surface area contributed by atoms with Gasteiger partial charge in [-0.2, -0.15) is 0 Å². The van der Waals surface area contributed by atoms with Crippen molar-refractivity contribution in [2.45, 2.75) is 38.1 Å². The van der Waals surface area contributed by atoms with Gasteiger partial charge in [-0.25, -0.2) is 0 Å². The molecule has 1 N–H and O–H groups in total. The lowest BCUT2D eigenvalue weighted by molar-refractivity contribution is -0.253. The number of nitrogens with one attached hydrogen (secondary N) is 1. The molecule has 16 heavy (non-hydrogen) atoms. The van der Waals surface area contributed by atoms with E-state index in [2.05, 4.69) is 5.32 Å². The third kappa shape index (κ3) is 2.53. The van der Waals surface area contributed by atoms with E-state index in [1.54, 1.807) is 4.90 Å². The first-order valence-corrected chi connectivity index (χ1v) is 5.77. The Morgan fingerprint density at radius 2 is 2.00 bits per heavy atom. The van der Waals surface area contributed by atoms with Crippen molar-refractivity contribution in [3.63, 3.8) is 0 Å². The maximum Gasteiger partial charge on any atom is 0.239 e. The van der Waals surface area contributed by atoms with Gasteiger partial charge in [0.15, 0.2) is 5.79 Å². The van der Waals surface area contributed by atoms with Gasteiger partial charge in [0.05, 0.1) is 25.3 Å². The van der Waals surface area contributed by atoms with Crippen LogP contribution in [-0.2, 0) is 14.3 Å². The molecule has 1 atom stereocenters. The van der Waals surface area contributed by atoms with Crippen LogP contribution in [0, 0.1) is 0 Å². The molecular weight excluding hydrogens is 208 g/mol. The highest BCUT2D eigenvalue weighted by molar-refractivity contribution is 5.83. The van der Waals surface area contributed by atoms with Gasteiger partial charge >= 0.3 is 0 Å². The first kappa shape index (κ1) is 11.8. The fourth-order valence-electron chi connectivity index (χ4n) is 2.05. The molecule has 2 heterocycles. The van der Waals surface area contributed by atoms with E-state index in [0.29, 0.717) is 13.2 Å². The first-order valence-electron chi connectivity index (χ1n) is 5.77. The quantitative estimate of drug-likeness (QED) is 0.720. The lowest BCUT2D eigenvalue weighted by Gasteiger charge is -2.36. The fraction of sp³-hybridized carbons (Fsp3) is 0.909. The minimum atomic E-state index is -0.491. The molecule has 5 heteroatoms. The summed E-state index contributed by atoms with van der Waals surface area (Å²) in [5.74, 6) is -0.320. The second-order valence-electron chi connectivity index (χ2n) is 4.99. The number of hydrogen-bond acceptors (Lipinski definition) is 4. The Morgan fingerprint density at radius 3 is 2.50 bits per heavy atom. The summed E-state index contributed by atoms with van der Waals surface area (Å²) in [6, 6.07) is 0.0527. The van der Waals surface area contributed by atoms with Gasteiger partial charge < -0.3 is 14.4 Å². The van der Waals surface area contributed by atoms with Gasteiger partial charge in [0.25, 0.3) is 0 Å². The highest BCUT2D eigenvalue weighted by atomic mass is 16.7. The zero-order chi connectivity index (χ0) is 11.8. The van der Waals surface area contributed by atoms with Crippen molar-refractivity contribution in [2.24, 2.45) is 0 Å². The molecule has 1 unspecified atom stereocenters. The maximum atomic E-state index is 11.7. The van der Waals surface area contributed by atoms with Crippen LogP contribution in [0.1, 0.15) is 20.3 Å². The van der Waals surface area contributed by atoms with Crippen molar-refractivity contribution < 1.29 is 14.3 Å². The van der Waals surface area contributed by atoms with Crippen LogP contribution in [0.2, 0.25) is 0 Å². The smallest absolute Gasteiger partial charge is 0.239 e. The lowest BCUT2D eigenvalue weighted by Crippen LogP contribution is -2.53. The van der Waals surface area contributed by atoms with Gasteiger partial charge in [-0.1, -0.05) is 0 Å². The van der Waals surface area contributed by atoms with Gasteiger partial charge in [-0.15, -0.1) is 0 Å². The van der Waals surface area contributed by atoms with Gasteiger partial charge in [0.2, 0.25) is 5.91 Å². The van der Waals surface area contributed by atoms with E-state index in [4.69, 9.17) is 9.47 Å². The first-order chi connectivity index (χ1) is 7.48. The number of likely N-dealkylation sites (N-methyl/N-ethyl adjacent to an activating group) is 1. The van der Waals surface area contributed by atoms with E-state index in [0.717, 1.165) is 13.0 Å². The van der Waals surface area contributed by atoms with Crippen molar-refractivity contribution in [3.8, 4) is 0 Å². The normalized spacial score (nSPS) is 31.1. The van der Waals surface area contributed by atoms with Crippen LogP contribution in [0.4, 0.5) is 0 Å². The van der Waals surface area contributed by atoms with Crippen LogP contribution in [-0.4, -0.2) is 55.5 Å². The van der Waals surface area contributed by atoms with E-state index in [9.17, 15) is 4.79 Å². The van der Waals surface area contributed by atoms with Gasteiger partial charge in [-0.05, 0) is 20.3 Å². The zero-order valence-electron chi connectivity index (χ0n) is 10.2. The van der Waals surface area contributed by atoms with E-state index in [1.165, 1.54) is 0 Å². The van der Waals surface area contributed by atoms with Gasteiger partial charge in [0, 0.05) is 13.6 Å². The Kier molecular flexibility index (Phi) is 3.19. The largest absolute Gasteiger partial charge is 0.349 e. The van der Waals surface area contributed by atoms with E-state index < -0.39 is 5.79 Å². The second kappa shape index (κ2) is 4.31. The minimum absolute atomic E-state index is 0.0663. The highest BCUT2D eigenvalue weighted by Gasteiger charge is 2.34. The van der Waals surface area contributed by atoms with Crippen molar-refractivity contribution >= 4 is 5.91 Å². The van der Waals surface area contributed by atoms with Crippen LogP contribution in [0.25, 0.3) is 0 Å². The summed E-state index contributed by atoms with van der Waals surface area (Å²) in [6.07, 6.45) is 0.870. The number of carbonyl (C=O) groups excluding carboxylic acids is 1. The molecule has 0 bridgehead atoms. The number of hydrogen-bond donors (Lipinski definition) is 1. The number of rotatable bonds is 2. The molecule has 0 saturated carbocycles. The Balaban J connectivity index is 1.81. The van der Waals surface area contributed by atoms with E-state index in [1.807, 2.05) is 20.9 Å². The van der Waals surface area contributed by atoms with Crippen molar-refractivity contribution in [1.82, 2.24) is 10.2 Å². The maximum absolute atomic E-state index is 11.7. The van der Waals surface area contributed by atoms with Gasteiger partial charge in [0.1, 0.15) is 0 Å². The molecular formula is C11H20N2O3. The monoisotopic (exact) mass is 228 g/mol. The molecule has 2 saturated heterocycles. The van der Waals surface area contributed by atoms with Crippen molar-refractivity contribution in [2.75, 3.05) is 26.8 Å². The van der Waals surface area contributed by atoms with Crippen LogP contribution in [0.15, 0.2) is 0 Å². The number of carbonyl (C=O) groups is 1. The zero-order valence-corrected chi connectivity index (χ0v) is 10.2. The van der Waals surface area contributed by atoms with E-state index in [-0.39, 0.29) is 18.0 Å². The number of ether oxygens (including phenoxy) is 2. The molecule has 1 amide bonds. The van der Waals surface area contributed by atoms with Crippen molar-refractivity contribution in [3.05, 3.63) is 0 Å². The predicted molar refractivity (Wildman–Crippen MR) is 58.9 cm³/mol. The molecule has 0 aliphatic carbocycles. The molecule has 0 aromatic heterocycles. The lowest BCUT2D eigenvalue weighted by atomic mass is 10.2. The molecule has 92 valence electrons. The highest BCUT2D eigenvalue weighted by Crippen LogP contribution is 2.18. The number of amides is 1. The Bertz CT molecular complexity index is 270. The van der Waals surface area contributed by atoms with Crippen LogP contribution in [0.5, 0.6) is 0 Å². The van der Waals surface area contributed by atoms with Crippen LogP contribution < -0.4 is 5.32 Å². The summed E-state index contributed by atoms with van der Waals surface area (Å²) in [5, 5.41) is 3.29. The molecule has 2 fully saturated rings. The molecule has 0 aromatic carbocycles. The summed E-state index contributed by atoms with van der Waals surface area (Å²) < 4.78 is 11.1. The average Bonchev–Trinajstić information content (AvgIpc) is 2.53. The van der Waals surface area contributed by atoms with Crippen LogP contribution in [0.3, 0.4) is 0 Å². The number of nitrogens with zero attached hydrogens (tertiary/aromatic N) is 1. The molecule has 0 aromatic rings. The molecule has 2 aliphatic heterocycles. The fourth-order valence-corrected chi connectivity index (χ4v) is 2.05. The predicted octanol–water partition coefficient (Wildman–Crippen LogP) is -0.0418. The topological polar surface area (TPSA) is 50.8 Å². The molecule has 2 aliphatic rings. The average molecular weight is 228 g/mol. The third-order valence-electron chi connectivity index (χ3n) is 3.13. The Morgan fingerprint density at radius 1 is 1.38 bits per heavy atom. The molecule has 2 rings (SSSR count). The third-order valence-corrected chi connectivity index (χ3v) is 3.13. The second-order valence-corrected chi connectivity index (χ2v) is 4.99. The summed E-state index contributed by atoms with van der Waals surface area (Å²) in [5.41, 5.74) is 0. The Labute approximate surface area is 96.1 Å². The van der Waals surface area contributed by atoms with E-state index >= 15 is 0 Å². The standard InChI is InChI=1S/C11H20N2O3/c1-11(2)15-6-8(7-16-11)12-9-4-5-13(3)10(9)14/h8-9,12H,4-7H2,1-3H3. The summed E-state index contributed by atoms with van der Waals surface area (Å²) >= 11 is 0. The minimum Gasteiger partial charge on any atom is -0.349 e. The SMILES string of the molecule is CN1CCC(NC2COC(C)(C)OC2)C1=O. The van der Waals surface area contributed by atoms with Crippen LogP contribution >= 0.6 is 0 Å². The Hall–Kier alpha value is -0.650. The summed E-state index contributed by atoms with van der Waals surface area (Å²) in [4.78, 5) is 13.4. The van der Waals surface area contributed by atoms with Gasteiger partial charge in [-0.3, -0.25) is 10.1 Å². The molecule has 5 nitrogen and oxygen atoms in total. The molecule has 0 spiro atoms. The summed E-state index contributed by atoms with van der Waals surface area (Å²) in [6.45, 7) is 5.83.